The lowest BCUT2D eigenvalue weighted by Crippen LogP contribution is -2.74. The molecule has 1 saturated heterocycles. The molecule has 8 heteroatoms. The monoisotopic (exact) mass is 622 g/mol. The van der Waals surface area contributed by atoms with E-state index >= 15 is 0 Å². The molecule has 6 aliphatic rings. The first-order valence-corrected chi connectivity index (χ1v) is 17.5. The molecule has 0 spiro atoms. The van der Waals surface area contributed by atoms with E-state index in [9.17, 15) is 30.6 Å². The summed E-state index contributed by atoms with van der Waals surface area (Å²) in [5.41, 5.74) is -1.38. The summed E-state index contributed by atoms with van der Waals surface area (Å²) in [6.07, 6.45) is -0.245. The second kappa shape index (κ2) is 10.1. The summed E-state index contributed by atoms with van der Waals surface area (Å²) in [5.74, 6) is 0.616. The minimum atomic E-state index is -1.39. The summed E-state index contributed by atoms with van der Waals surface area (Å²) in [5, 5.41) is 65.6. The van der Waals surface area contributed by atoms with Crippen LogP contribution in [0, 0.1) is 55.7 Å². The Morgan fingerprint density at radius 3 is 1.93 bits per heavy atom. The molecule has 1 aliphatic heterocycles. The fraction of sp³-hybridized carbons (Fsp3) is 1.00. The van der Waals surface area contributed by atoms with Crippen LogP contribution in [-0.2, 0) is 9.47 Å². The molecule has 0 aromatic rings. The van der Waals surface area contributed by atoms with E-state index < -0.39 is 48.3 Å². The molecule has 6 fully saturated rings. The molecule has 0 unspecified atom stereocenters. The van der Waals surface area contributed by atoms with E-state index in [-0.39, 0.29) is 51.1 Å². The number of hydrogen-bond acceptors (Lipinski definition) is 8. The van der Waals surface area contributed by atoms with Gasteiger partial charge >= 0.3 is 0 Å². The highest BCUT2D eigenvalue weighted by atomic mass is 16.7. The van der Waals surface area contributed by atoms with Crippen LogP contribution in [0.1, 0.15) is 114 Å². The van der Waals surface area contributed by atoms with Crippen molar-refractivity contribution in [1.82, 2.24) is 0 Å². The Bertz CT molecular complexity index is 1130. The SMILES string of the molecule is CC1(C)[C@@H](O)[C@H](O)C[C@]2(C)[C@H]3CC[C@@H]4[C@@]5(C)CC[C@H](O)C(C)(C)[C@]5(C)CC[C@@]4(C)[C@]3(C)C[C@@H](O[C@@H]3OC[C@H](O)[C@H](O)[C@H]3O)[C@@H]12. The van der Waals surface area contributed by atoms with Crippen LogP contribution in [0.4, 0.5) is 0 Å². The van der Waals surface area contributed by atoms with E-state index in [2.05, 4.69) is 48.5 Å². The van der Waals surface area contributed by atoms with Gasteiger partial charge in [0.05, 0.1) is 31.0 Å². The van der Waals surface area contributed by atoms with Crippen molar-refractivity contribution in [2.75, 3.05) is 6.61 Å². The molecule has 16 atom stereocenters. The van der Waals surface area contributed by atoms with E-state index in [0.29, 0.717) is 18.3 Å². The Balaban J connectivity index is 1.44. The van der Waals surface area contributed by atoms with Crippen molar-refractivity contribution >= 4 is 0 Å². The molecule has 0 aromatic carbocycles. The van der Waals surface area contributed by atoms with Crippen molar-refractivity contribution in [3.8, 4) is 0 Å². The van der Waals surface area contributed by atoms with Crippen LogP contribution in [0.3, 0.4) is 0 Å². The van der Waals surface area contributed by atoms with Crippen molar-refractivity contribution in [3.05, 3.63) is 0 Å². The average molecular weight is 623 g/mol. The predicted octanol–water partition coefficient (Wildman–Crippen LogP) is 4.01. The van der Waals surface area contributed by atoms with Crippen molar-refractivity contribution in [2.24, 2.45) is 55.7 Å². The van der Waals surface area contributed by atoms with Crippen LogP contribution in [-0.4, -0.2) is 86.3 Å². The van der Waals surface area contributed by atoms with Gasteiger partial charge in [-0.15, -0.1) is 0 Å². The van der Waals surface area contributed by atoms with E-state index in [1.165, 1.54) is 0 Å². The van der Waals surface area contributed by atoms with Crippen molar-refractivity contribution in [1.29, 1.82) is 0 Å². The highest BCUT2D eigenvalue weighted by molar-refractivity contribution is 5.24. The van der Waals surface area contributed by atoms with Gasteiger partial charge in [0.1, 0.15) is 18.3 Å². The minimum Gasteiger partial charge on any atom is -0.393 e. The summed E-state index contributed by atoms with van der Waals surface area (Å²) in [4.78, 5) is 0. The Hall–Kier alpha value is -0.320. The van der Waals surface area contributed by atoms with Crippen LogP contribution < -0.4 is 0 Å². The van der Waals surface area contributed by atoms with Gasteiger partial charge in [-0.05, 0) is 107 Å². The zero-order valence-electron chi connectivity index (χ0n) is 28.7. The molecular formula is C36H62O8. The third kappa shape index (κ3) is 3.98. The van der Waals surface area contributed by atoms with Crippen LogP contribution in [0.2, 0.25) is 0 Å². The highest BCUT2D eigenvalue weighted by Gasteiger charge is 2.75. The molecule has 8 nitrogen and oxygen atoms in total. The topological polar surface area (TPSA) is 140 Å². The maximum Gasteiger partial charge on any atom is 0.186 e. The van der Waals surface area contributed by atoms with Gasteiger partial charge in [-0.3, -0.25) is 0 Å². The van der Waals surface area contributed by atoms with Gasteiger partial charge in [-0.1, -0.05) is 62.3 Å². The fourth-order valence-electron chi connectivity index (χ4n) is 13.7. The molecule has 5 aliphatic carbocycles. The van der Waals surface area contributed by atoms with Crippen LogP contribution in [0.25, 0.3) is 0 Å². The lowest BCUT2D eigenvalue weighted by atomic mass is 9.27. The van der Waals surface area contributed by atoms with Crippen molar-refractivity contribution in [3.63, 3.8) is 0 Å². The van der Waals surface area contributed by atoms with Gasteiger partial charge in [-0.2, -0.15) is 0 Å². The second-order valence-electron chi connectivity index (χ2n) is 18.7. The largest absolute Gasteiger partial charge is 0.393 e. The lowest BCUT2D eigenvalue weighted by molar-refractivity contribution is -0.346. The van der Waals surface area contributed by atoms with Crippen LogP contribution in [0.5, 0.6) is 0 Å². The molecule has 0 radical (unpaired) electrons. The van der Waals surface area contributed by atoms with E-state index in [0.717, 1.165) is 44.9 Å². The van der Waals surface area contributed by atoms with Gasteiger partial charge in [0.25, 0.3) is 0 Å². The first-order chi connectivity index (χ1) is 20.1. The summed E-state index contributed by atoms with van der Waals surface area (Å²) < 4.78 is 12.6. The number of aliphatic hydroxyl groups excluding tert-OH is 6. The highest BCUT2D eigenvalue weighted by Crippen LogP contribution is 2.80. The fourth-order valence-corrected chi connectivity index (χ4v) is 13.7. The van der Waals surface area contributed by atoms with Crippen LogP contribution >= 0.6 is 0 Å². The van der Waals surface area contributed by atoms with E-state index in [1.807, 2.05) is 13.8 Å². The van der Waals surface area contributed by atoms with Crippen LogP contribution in [0.15, 0.2) is 0 Å². The summed E-state index contributed by atoms with van der Waals surface area (Å²) in [6.45, 7) is 20.7. The third-order valence-electron chi connectivity index (χ3n) is 16.8. The van der Waals surface area contributed by atoms with Gasteiger partial charge in [0.15, 0.2) is 6.29 Å². The molecular weight excluding hydrogens is 560 g/mol. The molecule has 0 amide bonds. The number of rotatable bonds is 2. The Kier molecular flexibility index (Phi) is 7.71. The zero-order valence-corrected chi connectivity index (χ0v) is 28.7. The van der Waals surface area contributed by atoms with Crippen molar-refractivity contribution < 1.29 is 40.1 Å². The van der Waals surface area contributed by atoms with Gasteiger partial charge < -0.3 is 40.1 Å². The number of fused-ring (bicyclic) bond motifs is 7. The average Bonchev–Trinajstić information content (AvgIpc) is 2.93. The lowest BCUT2D eigenvalue weighted by Gasteiger charge is -2.78. The summed E-state index contributed by atoms with van der Waals surface area (Å²) >= 11 is 0. The van der Waals surface area contributed by atoms with Gasteiger partial charge in [0.2, 0.25) is 0 Å². The molecule has 6 rings (SSSR count). The number of aliphatic hydroxyl groups is 6. The molecule has 254 valence electrons. The second-order valence-corrected chi connectivity index (χ2v) is 18.7. The molecule has 6 N–H and O–H groups in total. The first-order valence-electron chi connectivity index (χ1n) is 17.5. The van der Waals surface area contributed by atoms with Gasteiger partial charge in [0, 0.05) is 0 Å². The predicted molar refractivity (Wildman–Crippen MR) is 166 cm³/mol. The molecule has 1 heterocycles. The third-order valence-corrected chi connectivity index (χ3v) is 16.8. The van der Waals surface area contributed by atoms with Gasteiger partial charge in [-0.25, -0.2) is 0 Å². The van der Waals surface area contributed by atoms with E-state index in [4.69, 9.17) is 9.47 Å². The maximum atomic E-state index is 11.4. The molecule has 0 aromatic heterocycles. The standard InChI is InChI=1S/C36H62O8/c1-30(2)27-21(44-29-26(41)25(40)20(38)18-43-29)17-35(8)22(32(27,5)16-19(37)28(30)42)10-11-23-33(35,6)14-15-36(9)31(3,4)24(39)12-13-34(23,36)7/h19-29,37-42H,10-18H2,1-9H3/t19-,20+,21-,22-,23+,24+,25+,26-,27+,28+,29+,32-,33-,34-,35-,36+/m1/s1. The Morgan fingerprint density at radius 1 is 0.636 bits per heavy atom. The summed E-state index contributed by atoms with van der Waals surface area (Å²) in [7, 11) is 0. The Morgan fingerprint density at radius 2 is 1.27 bits per heavy atom. The smallest absolute Gasteiger partial charge is 0.186 e. The Labute approximate surface area is 264 Å². The molecule has 5 saturated carbocycles. The maximum absolute atomic E-state index is 11.4. The zero-order chi connectivity index (χ0) is 32.6. The quantitative estimate of drug-likeness (QED) is 0.254. The molecule has 44 heavy (non-hydrogen) atoms. The minimum absolute atomic E-state index is 0.00774. The van der Waals surface area contributed by atoms with Crippen molar-refractivity contribution in [2.45, 2.75) is 163 Å². The summed E-state index contributed by atoms with van der Waals surface area (Å²) in [6, 6.07) is 0. The van der Waals surface area contributed by atoms with E-state index in [1.54, 1.807) is 0 Å². The first kappa shape index (κ1) is 33.6. The number of ether oxygens (including phenoxy) is 2. The molecule has 0 bridgehead atoms. The normalized spacial score (nSPS) is 59.9. The number of hydrogen-bond donors (Lipinski definition) is 6.